The Labute approximate surface area is 92.7 Å². The number of benzene rings is 1. The minimum atomic E-state index is 0.571. The van der Waals surface area contributed by atoms with Gasteiger partial charge in [0, 0.05) is 6.42 Å². The molecule has 2 N–H and O–H groups in total. The van der Waals surface area contributed by atoms with Crippen LogP contribution in [0.25, 0.3) is 5.69 Å². The van der Waals surface area contributed by atoms with E-state index in [2.05, 4.69) is 10.3 Å². The lowest BCUT2D eigenvalue weighted by atomic mass is 10.3. The molecule has 0 bridgehead atoms. The van der Waals surface area contributed by atoms with Crippen molar-refractivity contribution < 1.29 is 0 Å². The lowest BCUT2D eigenvalue weighted by Crippen LogP contribution is -2.02. The number of halogens is 1. The zero-order valence-electron chi connectivity index (χ0n) is 8.10. The van der Waals surface area contributed by atoms with Gasteiger partial charge in [0.2, 0.25) is 0 Å². The molecule has 2 rings (SSSR count). The predicted octanol–water partition coefficient (Wildman–Crippen LogP) is 1.42. The van der Waals surface area contributed by atoms with Crippen molar-refractivity contribution in [3.05, 3.63) is 41.2 Å². The Morgan fingerprint density at radius 2 is 2.13 bits per heavy atom. The first-order valence-corrected chi connectivity index (χ1v) is 5.05. The summed E-state index contributed by atoms with van der Waals surface area (Å²) in [7, 11) is 0. The number of nitrogens with two attached hydrogens (primary N) is 1. The zero-order chi connectivity index (χ0) is 10.7. The van der Waals surface area contributed by atoms with Crippen LogP contribution in [0.5, 0.6) is 0 Å². The molecule has 0 unspecified atom stereocenters. The van der Waals surface area contributed by atoms with Gasteiger partial charge in [0.05, 0.1) is 22.6 Å². The lowest BCUT2D eigenvalue weighted by molar-refractivity contribution is 0.795. The van der Waals surface area contributed by atoms with Crippen molar-refractivity contribution in [1.29, 1.82) is 0 Å². The van der Waals surface area contributed by atoms with Gasteiger partial charge in [0.25, 0.3) is 0 Å². The van der Waals surface area contributed by atoms with Crippen molar-refractivity contribution in [1.82, 2.24) is 15.0 Å². The van der Waals surface area contributed by atoms with E-state index < -0.39 is 0 Å². The maximum atomic E-state index is 6.03. The normalized spacial score (nSPS) is 10.5. The molecule has 1 aromatic heterocycles. The average Bonchev–Trinajstić information content (AvgIpc) is 2.68. The van der Waals surface area contributed by atoms with Crippen LogP contribution in [0.4, 0.5) is 0 Å². The molecule has 78 valence electrons. The van der Waals surface area contributed by atoms with Crippen molar-refractivity contribution in [2.45, 2.75) is 6.42 Å². The van der Waals surface area contributed by atoms with Gasteiger partial charge in [-0.25, -0.2) is 4.68 Å². The van der Waals surface area contributed by atoms with Gasteiger partial charge in [-0.15, -0.1) is 5.10 Å². The lowest BCUT2D eigenvalue weighted by Gasteiger charge is -2.01. The average molecular weight is 223 g/mol. The zero-order valence-corrected chi connectivity index (χ0v) is 8.85. The van der Waals surface area contributed by atoms with Gasteiger partial charge in [0.1, 0.15) is 0 Å². The number of hydrogen-bond donors (Lipinski definition) is 1. The number of rotatable bonds is 3. The summed E-state index contributed by atoms with van der Waals surface area (Å²) in [4.78, 5) is 0. The molecular weight excluding hydrogens is 212 g/mol. The Balaban J connectivity index is 2.33. The highest BCUT2D eigenvalue weighted by Gasteiger charge is 2.04. The van der Waals surface area contributed by atoms with Gasteiger partial charge >= 0.3 is 0 Å². The first-order valence-electron chi connectivity index (χ1n) is 4.67. The van der Waals surface area contributed by atoms with Gasteiger partial charge in [-0.2, -0.15) is 0 Å². The quantitative estimate of drug-likeness (QED) is 0.855. The van der Waals surface area contributed by atoms with Crippen LogP contribution in [0.3, 0.4) is 0 Å². The molecule has 0 fully saturated rings. The van der Waals surface area contributed by atoms with E-state index in [0.717, 1.165) is 17.8 Å². The summed E-state index contributed by atoms with van der Waals surface area (Å²) in [5.41, 5.74) is 7.14. The van der Waals surface area contributed by atoms with Crippen molar-refractivity contribution in [2.24, 2.45) is 5.73 Å². The van der Waals surface area contributed by atoms with Crippen LogP contribution in [0.15, 0.2) is 30.5 Å². The molecule has 0 aliphatic carbocycles. The highest BCUT2D eigenvalue weighted by Crippen LogP contribution is 2.18. The summed E-state index contributed by atoms with van der Waals surface area (Å²) >= 11 is 6.03. The maximum Gasteiger partial charge on any atom is 0.0849 e. The van der Waals surface area contributed by atoms with Crippen LogP contribution in [-0.4, -0.2) is 21.5 Å². The molecule has 0 aliphatic heterocycles. The Hall–Kier alpha value is -1.39. The van der Waals surface area contributed by atoms with Crippen LogP contribution in [-0.2, 0) is 6.42 Å². The van der Waals surface area contributed by atoms with E-state index in [-0.39, 0.29) is 0 Å². The summed E-state index contributed by atoms with van der Waals surface area (Å²) in [6.07, 6.45) is 2.57. The summed E-state index contributed by atoms with van der Waals surface area (Å²) in [6.45, 7) is 0.571. The van der Waals surface area contributed by atoms with Crippen LogP contribution < -0.4 is 5.73 Å². The second-order valence-electron chi connectivity index (χ2n) is 3.14. The minimum absolute atomic E-state index is 0.571. The molecule has 0 aliphatic rings. The third-order valence-corrected chi connectivity index (χ3v) is 2.36. The molecule has 4 nitrogen and oxygen atoms in total. The Morgan fingerprint density at radius 3 is 2.87 bits per heavy atom. The van der Waals surface area contributed by atoms with Gasteiger partial charge in [0.15, 0.2) is 0 Å². The van der Waals surface area contributed by atoms with Crippen LogP contribution in [0.1, 0.15) is 5.69 Å². The summed E-state index contributed by atoms with van der Waals surface area (Å²) < 4.78 is 1.66. The van der Waals surface area contributed by atoms with E-state index in [9.17, 15) is 0 Å². The van der Waals surface area contributed by atoms with E-state index in [1.54, 1.807) is 4.68 Å². The van der Waals surface area contributed by atoms with E-state index in [1.807, 2.05) is 30.5 Å². The molecule has 0 radical (unpaired) electrons. The predicted molar refractivity (Wildman–Crippen MR) is 59.1 cm³/mol. The first kappa shape index (κ1) is 10.1. The first-order chi connectivity index (χ1) is 7.31. The fourth-order valence-electron chi connectivity index (χ4n) is 1.32. The van der Waals surface area contributed by atoms with E-state index in [1.165, 1.54) is 0 Å². The van der Waals surface area contributed by atoms with Crippen LogP contribution in [0.2, 0.25) is 5.02 Å². The number of hydrogen-bond acceptors (Lipinski definition) is 3. The summed E-state index contributed by atoms with van der Waals surface area (Å²) in [5, 5.41) is 8.64. The fourth-order valence-corrected chi connectivity index (χ4v) is 1.54. The highest BCUT2D eigenvalue weighted by molar-refractivity contribution is 6.32. The Bertz CT molecular complexity index is 452. The molecule has 0 saturated heterocycles. The SMILES string of the molecule is NCCc1cn(-c2ccccc2Cl)nn1. The third kappa shape index (κ3) is 2.16. The van der Waals surface area contributed by atoms with Gasteiger partial charge in [-0.3, -0.25) is 0 Å². The standard InChI is InChI=1S/C10H11ClN4/c11-9-3-1-2-4-10(9)15-7-8(5-6-12)13-14-15/h1-4,7H,5-6,12H2. The number of nitrogens with zero attached hydrogens (tertiary/aromatic N) is 3. The van der Waals surface area contributed by atoms with Crippen molar-refractivity contribution in [3.8, 4) is 5.69 Å². The van der Waals surface area contributed by atoms with Gasteiger partial charge in [-0.05, 0) is 18.7 Å². The molecule has 0 atom stereocenters. The summed E-state index contributed by atoms with van der Waals surface area (Å²) in [6, 6.07) is 7.50. The van der Waals surface area contributed by atoms with E-state index in [4.69, 9.17) is 17.3 Å². The topological polar surface area (TPSA) is 56.7 Å². The second-order valence-corrected chi connectivity index (χ2v) is 3.55. The maximum absolute atomic E-state index is 6.03. The second kappa shape index (κ2) is 4.42. The van der Waals surface area contributed by atoms with E-state index >= 15 is 0 Å². The number of para-hydroxylation sites is 1. The highest BCUT2D eigenvalue weighted by atomic mass is 35.5. The molecular formula is C10H11ClN4. The largest absolute Gasteiger partial charge is 0.330 e. The van der Waals surface area contributed by atoms with Crippen molar-refractivity contribution >= 4 is 11.6 Å². The Kier molecular flexibility index (Phi) is 2.99. The van der Waals surface area contributed by atoms with Gasteiger partial charge in [-0.1, -0.05) is 28.9 Å². The minimum Gasteiger partial charge on any atom is -0.330 e. The molecule has 2 aromatic rings. The molecule has 15 heavy (non-hydrogen) atoms. The number of aromatic nitrogens is 3. The molecule has 0 saturated carbocycles. The van der Waals surface area contributed by atoms with Crippen LogP contribution in [0, 0.1) is 0 Å². The molecule has 5 heteroatoms. The van der Waals surface area contributed by atoms with Gasteiger partial charge < -0.3 is 5.73 Å². The molecule has 0 spiro atoms. The molecule has 1 aromatic carbocycles. The molecule has 1 heterocycles. The third-order valence-electron chi connectivity index (χ3n) is 2.04. The monoisotopic (exact) mass is 222 g/mol. The molecule has 0 amide bonds. The smallest absolute Gasteiger partial charge is 0.0849 e. The summed E-state index contributed by atoms with van der Waals surface area (Å²) in [5.74, 6) is 0. The fraction of sp³-hybridized carbons (Fsp3) is 0.200. The Morgan fingerprint density at radius 1 is 1.33 bits per heavy atom. The van der Waals surface area contributed by atoms with Crippen molar-refractivity contribution in [3.63, 3.8) is 0 Å². The van der Waals surface area contributed by atoms with E-state index in [0.29, 0.717) is 11.6 Å². The van der Waals surface area contributed by atoms with Crippen molar-refractivity contribution in [2.75, 3.05) is 6.54 Å². The van der Waals surface area contributed by atoms with Crippen LogP contribution >= 0.6 is 11.6 Å².